The second-order valence-electron chi connectivity index (χ2n) is 3.86. The molecule has 0 aliphatic rings. The zero-order valence-electron chi connectivity index (χ0n) is 9.59. The average Bonchev–Trinajstić information content (AvgIpc) is 2.41. The van der Waals surface area contributed by atoms with Gasteiger partial charge in [0.05, 0.1) is 6.16 Å². The number of hydrogen-bond acceptors (Lipinski definition) is 0. The second kappa shape index (κ2) is 5.62. The summed E-state index contributed by atoms with van der Waals surface area (Å²) < 4.78 is 0. The predicted octanol–water partition coefficient (Wildman–Crippen LogP) is 4.15. The third-order valence-electron chi connectivity index (χ3n) is 2.71. The standard InChI is InChI=1S/C15H15BrP/c1-2-13-17(16,14-9-5-3-6-10-14)15-11-7-4-8-12-15/h2-12H,1,13H2/q+1. The van der Waals surface area contributed by atoms with Crippen LogP contribution in [0.1, 0.15) is 0 Å². The van der Waals surface area contributed by atoms with E-state index in [9.17, 15) is 0 Å². The van der Waals surface area contributed by atoms with Crippen LogP contribution in [0.4, 0.5) is 0 Å². The first-order valence-corrected chi connectivity index (χ1v) is 9.56. The maximum Gasteiger partial charge on any atom is 0.152 e. The molecule has 2 heteroatoms. The van der Waals surface area contributed by atoms with Gasteiger partial charge in [0.25, 0.3) is 0 Å². The molecule has 0 aromatic heterocycles. The summed E-state index contributed by atoms with van der Waals surface area (Å²) in [5, 5.41) is 2.73. The van der Waals surface area contributed by atoms with Crippen molar-refractivity contribution in [1.82, 2.24) is 0 Å². The Morgan fingerprint density at radius 2 is 1.29 bits per heavy atom. The molecule has 2 aromatic rings. The van der Waals surface area contributed by atoms with Gasteiger partial charge in [-0.3, -0.25) is 0 Å². The van der Waals surface area contributed by atoms with Crippen molar-refractivity contribution in [2.45, 2.75) is 0 Å². The highest BCUT2D eigenvalue weighted by Crippen LogP contribution is 2.63. The summed E-state index contributed by atoms with van der Waals surface area (Å²) in [7, 11) is 0. The van der Waals surface area contributed by atoms with E-state index in [0.717, 1.165) is 6.16 Å². The Balaban J connectivity index is 2.50. The van der Waals surface area contributed by atoms with Gasteiger partial charge in [-0.1, -0.05) is 49.1 Å². The lowest BCUT2D eigenvalue weighted by molar-refractivity contribution is 1.70. The van der Waals surface area contributed by atoms with Gasteiger partial charge >= 0.3 is 0 Å². The Morgan fingerprint density at radius 3 is 1.65 bits per heavy atom. The van der Waals surface area contributed by atoms with E-state index in [1.165, 1.54) is 10.6 Å². The van der Waals surface area contributed by atoms with Gasteiger partial charge in [-0.2, -0.15) is 0 Å². The summed E-state index contributed by atoms with van der Waals surface area (Å²) in [4.78, 5) is 0. The molecule has 0 radical (unpaired) electrons. The first-order chi connectivity index (χ1) is 8.27. The number of benzene rings is 2. The molecule has 0 amide bonds. The molecule has 0 aliphatic heterocycles. The summed E-state index contributed by atoms with van der Waals surface area (Å²) >= 11 is 4.00. The lowest BCUT2D eigenvalue weighted by atomic mass is 10.4. The molecular weight excluding hydrogens is 291 g/mol. The minimum absolute atomic E-state index is 0.973. The predicted molar refractivity (Wildman–Crippen MR) is 83.1 cm³/mol. The highest BCUT2D eigenvalue weighted by Gasteiger charge is 2.39. The molecule has 0 nitrogen and oxygen atoms in total. The van der Waals surface area contributed by atoms with Crippen LogP contribution < -0.4 is 10.6 Å². The topological polar surface area (TPSA) is 0 Å². The fourth-order valence-corrected chi connectivity index (χ4v) is 6.26. The van der Waals surface area contributed by atoms with Crippen LogP contribution >= 0.6 is 21.5 Å². The Kier molecular flexibility index (Phi) is 4.15. The average molecular weight is 306 g/mol. The van der Waals surface area contributed by atoms with Gasteiger partial charge in [-0.25, -0.2) is 0 Å². The van der Waals surface area contributed by atoms with Gasteiger partial charge < -0.3 is 0 Å². The van der Waals surface area contributed by atoms with Crippen LogP contribution in [-0.4, -0.2) is 6.16 Å². The zero-order valence-corrected chi connectivity index (χ0v) is 12.1. The smallest absolute Gasteiger partial charge is 0.0994 e. The van der Waals surface area contributed by atoms with Crippen LogP contribution in [0, 0.1) is 0 Å². The zero-order chi connectivity index (χ0) is 12.1. The van der Waals surface area contributed by atoms with E-state index in [1.807, 2.05) is 6.08 Å². The van der Waals surface area contributed by atoms with Crippen LogP contribution in [0.3, 0.4) is 0 Å². The third kappa shape index (κ3) is 2.68. The minimum atomic E-state index is -1.48. The summed E-state index contributed by atoms with van der Waals surface area (Å²) in [5.41, 5.74) is 0. The van der Waals surface area contributed by atoms with Crippen molar-refractivity contribution < 1.29 is 0 Å². The molecule has 0 unspecified atom stereocenters. The van der Waals surface area contributed by atoms with E-state index < -0.39 is 5.96 Å². The Bertz CT molecular complexity index is 439. The quantitative estimate of drug-likeness (QED) is 0.588. The van der Waals surface area contributed by atoms with Crippen molar-refractivity contribution in [2.75, 3.05) is 6.16 Å². The van der Waals surface area contributed by atoms with Crippen LogP contribution in [0.2, 0.25) is 0 Å². The first kappa shape index (κ1) is 12.5. The van der Waals surface area contributed by atoms with E-state index in [4.69, 9.17) is 0 Å². The highest BCUT2D eigenvalue weighted by atomic mass is 79.9. The Hall–Kier alpha value is -0.910. The fourth-order valence-electron chi connectivity index (χ4n) is 1.87. The van der Waals surface area contributed by atoms with Crippen LogP contribution in [0.25, 0.3) is 0 Å². The van der Waals surface area contributed by atoms with E-state index in [-0.39, 0.29) is 0 Å². The van der Waals surface area contributed by atoms with Crippen LogP contribution in [0.5, 0.6) is 0 Å². The highest BCUT2D eigenvalue weighted by molar-refractivity contribution is 9.43. The Morgan fingerprint density at radius 1 is 0.882 bits per heavy atom. The molecule has 2 rings (SSSR count). The maximum atomic E-state index is 4.00. The summed E-state index contributed by atoms with van der Waals surface area (Å²) in [5.74, 6) is -1.48. The van der Waals surface area contributed by atoms with Gasteiger partial charge in [0, 0.05) is 0 Å². The molecule has 0 heterocycles. The van der Waals surface area contributed by atoms with Gasteiger partial charge in [0.2, 0.25) is 0 Å². The third-order valence-corrected chi connectivity index (χ3v) is 9.03. The van der Waals surface area contributed by atoms with E-state index in [2.05, 4.69) is 82.7 Å². The maximum absolute atomic E-state index is 4.00. The van der Waals surface area contributed by atoms with Crippen molar-refractivity contribution in [1.29, 1.82) is 0 Å². The van der Waals surface area contributed by atoms with E-state index in [1.54, 1.807) is 0 Å². The molecule has 0 saturated heterocycles. The van der Waals surface area contributed by atoms with Crippen LogP contribution in [-0.2, 0) is 0 Å². The van der Waals surface area contributed by atoms with Crippen molar-refractivity contribution in [3.63, 3.8) is 0 Å². The molecule has 0 spiro atoms. The van der Waals surface area contributed by atoms with Crippen molar-refractivity contribution >= 4 is 32.1 Å². The van der Waals surface area contributed by atoms with Crippen molar-refractivity contribution in [2.24, 2.45) is 0 Å². The van der Waals surface area contributed by atoms with Gasteiger partial charge in [-0.05, 0) is 24.3 Å². The van der Waals surface area contributed by atoms with Gasteiger partial charge in [0.15, 0.2) is 21.5 Å². The molecule has 86 valence electrons. The van der Waals surface area contributed by atoms with Crippen molar-refractivity contribution in [3.05, 3.63) is 73.3 Å². The normalized spacial score (nSPS) is 11.1. The monoisotopic (exact) mass is 305 g/mol. The van der Waals surface area contributed by atoms with Gasteiger partial charge in [-0.15, -0.1) is 0 Å². The van der Waals surface area contributed by atoms with Crippen molar-refractivity contribution in [3.8, 4) is 0 Å². The lowest BCUT2D eigenvalue weighted by Crippen LogP contribution is -2.19. The molecule has 0 fully saturated rings. The summed E-state index contributed by atoms with van der Waals surface area (Å²) in [6.45, 7) is 3.89. The molecule has 0 bridgehead atoms. The van der Waals surface area contributed by atoms with Crippen LogP contribution in [0.15, 0.2) is 73.3 Å². The Labute approximate surface area is 111 Å². The SMILES string of the molecule is C=CC[P+](Br)(c1ccccc1)c1ccccc1. The molecule has 17 heavy (non-hydrogen) atoms. The number of rotatable bonds is 4. The molecule has 0 saturated carbocycles. The molecule has 0 aliphatic carbocycles. The minimum Gasteiger partial charge on any atom is -0.0994 e. The number of allylic oxidation sites excluding steroid dienone is 1. The largest absolute Gasteiger partial charge is 0.152 e. The van der Waals surface area contributed by atoms with E-state index in [0.29, 0.717) is 0 Å². The number of halogens is 1. The lowest BCUT2D eigenvalue weighted by Gasteiger charge is -2.18. The molecule has 2 aromatic carbocycles. The summed E-state index contributed by atoms with van der Waals surface area (Å²) in [6, 6.07) is 21.3. The first-order valence-electron chi connectivity index (χ1n) is 5.57. The molecule has 0 atom stereocenters. The molecular formula is C15H15BrP+. The molecule has 0 N–H and O–H groups in total. The fraction of sp³-hybridized carbons (Fsp3) is 0.0667. The summed E-state index contributed by atoms with van der Waals surface area (Å²) in [6.07, 6.45) is 2.98. The van der Waals surface area contributed by atoms with E-state index >= 15 is 0 Å². The second-order valence-corrected chi connectivity index (χ2v) is 10.3. The van der Waals surface area contributed by atoms with Gasteiger partial charge in [0.1, 0.15) is 10.6 Å². The number of hydrogen-bond donors (Lipinski definition) is 0.